The quantitative estimate of drug-likeness (QED) is 0.0303. The van der Waals surface area contributed by atoms with E-state index >= 15 is 0 Å². The van der Waals surface area contributed by atoms with Crippen molar-refractivity contribution < 1.29 is 23.9 Å². The van der Waals surface area contributed by atoms with Gasteiger partial charge in [0.15, 0.2) is 10.8 Å². The van der Waals surface area contributed by atoms with Crippen LogP contribution in [0.4, 0.5) is 5.13 Å². The molecule has 0 bridgehead atoms. The highest BCUT2D eigenvalue weighted by Gasteiger charge is 2.54. The molecule has 4 aromatic carbocycles. The number of nitrogens with zero attached hydrogens (tertiary/aromatic N) is 3. The lowest BCUT2D eigenvalue weighted by Crippen LogP contribution is -2.71. The number of amides is 2. The molecule has 0 unspecified atom stereocenters. The summed E-state index contributed by atoms with van der Waals surface area (Å²) in [7, 11) is 2.96. The van der Waals surface area contributed by atoms with E-state index in [0.29, 0.717) is 23.0 Å². The van der Waals surface area contributed by atoms with Gasteiger partial charge in [-0.05, 0) is 52.2 Å². The van der Waals surface area contributed by atoms with Gasteiger partial charge in [0, 0.05) is 17.6 Å². The molecule has 0 aliphatic carbocycles. The normalized spacial score (nSPS) is 16.6. The van der Waals surface area contributed by atoms with Crippen molar-refractivity contribution in [1.29, 1.82) is 0 Å². The third-order valence-corrected chi connectivity index (χ3v) is 11.8. The van der Waals surface area contributed by atoms with Gasteiger partial charge in [0.05, 0.1) is 12.8 Å². The van der Waals surface area contributed by atoms with Gasteiger partial charge in [-0.25, -0.2) is 4.98 Å². The second kappa shape index (κ2) is 17.2. The fourth-order valence-electron chi connectivity index (χ4n) is 6.76. The summed E-state index contributed by atoms with van der Waals surface area (Å²) in [6.07, 6.45) is 6.00. The van der Waals surface area contributed by atoms with Gasteiger partial charge in [-0.1, -0.05) is 108 Å². The van der Waals surface area contributed by atoms with Crippen molar-refractivity contribution in [3.05, 3.63) is 160 Å². The zero-order chi connectivity index (χ0) is 39.1. The molecular formula is C43H37N5O5S3. The first-order chi connectivity index (χ1) is 27.4. The number of hydrogen-bond donors (Lipinski definition) is 2. The Balaban J connectivity index is 1.11. The maximum atomic E-state index is 13.9. The number of thiazole rings is 1. The minimum Gasteiger partial charge on any atom is -0.497 e. The van der Waals surface area contributed by atoms with Crippen LogP contribution in [0, 0.1) is 12.3 Å². The molecule has 56 heavy (non-hydrogen) atoms. The molecule has 7 rings (SSSR count). The molecule has 2 aliphatic rings. The molecular weight excluding hydrogens is 763 g/mol. The van der Waals surface area contributed by atoms with Crippen LogP contribution in [0.15, 0.2) is 137 Å². The van der Waals surface area contributed by atoms with Gasteiger partial charge in [0.25, 0.3) is 11.8 Å². The molecule has 2 amide bonds. The molecule has 3 heterocycles. The van der Waals surface area contributed by atoms with E-state index in [4.69, 9.17) is 37.9 Å². The molecule has 1 aromatic heterocycles. The van der Waals surface area contributed by atoms with Crippen molar-refractivity contribution >= 4 is 63.0 Å². The summed E-state index contributed by atoms with van der Waals surface area (Å²) in [5.41, 5.74) is 4.55. The maximum absolute atomic E-state index is 13.9. The van der Waals surface area contributed by atoms with Crippen LogP contribution >= 0.6 is 35.3 Å². The molecule has 13 heteroatoms. The summed E-state index contributed by atoms with van der Waals surface area (Å²) in [5.74, 6) is 2.95. The van der Waals surface area contributed by atoms with Gasteiger partial charge < -0.3 is 24.9 Å². The number of thiocarbonyl (C=S) groups is 1. The van der Waals surface area contributed by atoms with Crippen LogP contribution in [-0.2, 0) is 31.3 Å². The van der Waals surface area contributed by atoms with Gasteiger partial charge >= 0.3 is 0 Å². The Bertz CT molecular complexity index is 2210. The minimum absolute atomic E-state index is 0.0734. The monoisotopic (exact) mass is 799 g/mol. The number of oxime groups is 1. The minimum atomic E-state index is -0.862. The number of nitrogens with one attached hydrogen (secondary N) is 2. The molecule has 10 nitrogen and oxygen atoms in total. The van der Waals surface area contributed by atoms with Crippen molar-refractivity contribution in [2.24, 2.45) is 5.16 Å². The standard InChI is InChI=1S/C43H37N5O5S3/c1-4-14-29-26-55-40-36(39(50)48(40)37(29)41(54)53-25-28-21-23-33(51-2)24-22-28)45-38(49)35(47-52-3)34-27-56-42(44-34)46-43(30-15-8-5-9-16-30,31-17-10-6-11-18-31)32-19-12-7-13-20-32/h1,5-13,15-24,27,36,40H,14,25-26H2,2-3H3,(H,44,46)(H,45,49)/b47-35-/t36-,40-/m1/s1. The number of β-lactam (4-membered cyclic amide) rings is 1. The second-order valence-corrected chi connectivity index (χ2v) is 15.1. The highest BCUT2D eigenvalue weighted by molar-refractivity contribution is 8.00. The SMILES string of the molecule is C#CCC1=C(C(=S)OCc2ccc(OC)cc2)N2C(=O)[C@@H](NC(=O)/C(=N\OC)c3csc(NC(c4ccccc4)(c4ccccc4)c4ccccc4)n3)[C@H]2SC1. The van der Waals surface area contributed by atoms with Gasteiger partial charge in [-0.15, -0.1) is 35.4 Å². The predicted molar refractivity (Wildman–Crippen MR) is 224 cm³/mol. The Kier molecular flexibility index (Phi) is 11.8. The summed E-state index contributed by atoms with van der Waals surface area (Å²) >= 11 is 8.54. The molecule has 2 N–H and O–H groups in total. The largest absolute Gasteiger partial charge is 0.497 e. The highest BCUT2D eigenvalue weighted by atomic mass is 32.2. The number of thioether (sulfide) groups is 1. The summed E-state index contributed by atoms with van der Waals surface area (Å²) < 4.78 is 11.3. The molecule has 1 fully saturated rings. The Morgan fingerprint density at radius 3 is 2.12 bits per heavy atom. The number of aromatic nitrogens is 1. The number of methoxy groups -OCH3 is 1. The Morgan fingerprint density at radius 1 is 0.964 bits per heavy atom. The number of carbonyl (C=O) groups excluding carboxylic acids is 2. The van der Waals surface area contributed by atoms with E-state index in [1.807, 2.05) is 78.9 Å². The third-order valence-electron chi connectivity index (χ3n) is 9.43. The van der Waals surface area contributed by atoms with E-state index in [2.05, 4.69) is 58.1 Å². The molecule has 2 atom stereocenters. The van der Waals surface area contributed by atoms with Crippen LogP contribution in [0.3, 0.4) is 0 Å². The van der Waals surface area contributed by atoms with Crippen LogP contribution in [0.1, 0.15) is 34.4 Å². The molecule has 0 radical (unpaired) electrons. The summed E-state index contributed by atoms with van der Waals surface area (Å²) in [5, 5.41) is 12.7. The number of carbonyl (C=O) groups is 2. The number of benzene rings is 4. The fourth-order valence-corrected chi connectivity index (χ4v) is 9.15. The van der Waals surface area contributed by atoms with E-state index in [-0.39, 0.29) is 29.0 Å². The van der Waals surface area contributed by atoms with Crippen LogP contribution in [0.2, 0.25) is 0 Å². The lowest BCUT2D eigenvalue weighted by molar-refractivity contribution is -0.144. The first-order valence-corrected chi connectivity index (χ1v) is 19.9. The van der Waals surface area contributed by atoms with E-state index in [1.165, 1.54) is 30.2 Å². The van der Waals surface area contributed by atoms with Crippen molar-refractivity contribution in [3.8, 4) is 18.1 Å². The van der Waals surface area contributed by atoms with Gasteiger partial charge in [0.1, 0.15) is 42.1 Å². The maximum Gasteiger partial charge on any atom is 0.276 e. The third kappa shape index (κ3) is 7.64. The Hall–Kier alpha value is -5.94. The molecule has 1 saturated heterocycles. The highest BCUT2D eigenvalue weighted by Crippen LogP contribution is 2.43. The molecule has 0 saturated carbocycles. The van der Waals surface area contributed by atoms with E-state index in [0.717, 1.165) is 33.6 Å². The number of fused-ring (bicyclic) bond motifs is 1. The first-order valence-electron chi connectivity index (χ1n) is 17.6. The Morgan fingerprint density at radius 2 is 1.57 bits per heavy atom. The average Bonchev–Trinajstić information content (AvgIpc) is 3.71. The first kappa shape index (κ1) is 38.3. The second-order valence-electron chi connectivity index (χ2n) is 12.8. The van der Waals surface area contributed by atoms with Crippen LogP contribution < -0.4 is 15.4 Å². The smallest absolute Gasteiger partial charge is 0.276 e. The van der Waals surface area contributed by atoms with Crippen LogP contribution in [0.5, 0.6) is 5.75 Å². The predicted octanol–water partition coefficient (Wildman–Crippen LogP) is 7.13. The lowest BCUT2D eigenvalue weighted by atomic mass is 9.77. The topological polar surface area (TPSA) is 114 Å². The zero-order valence-corrected chi connectivity index (χ0v) is 33.0. The molecule has 2 aliphatic heterocycles. The number of hydrogen-bond acceptors (Lipinski definition) is 11. The number of anilines is 1. The average molecular weight is 800 g/mol. The van der Waals surface area contributed by atoms with E-state index < -0.39 is 22.9 Å². The number of rotatable bonds is 14. The van der Waals surface area contributed by atoms with E-state index in [1.54, 1.807) is 17.4 Å². The summed E-state index contributed by atoms with van der Waals surface area (Å²) in [4.78, 5) is 39.3. The van der Waals surface area contributed by atoms with Crippen molar-refractivity contribution in [2.45, 2.75) is 30.0 Å². The van der Waals surface area contributed by atoms with Crippen molar-refractivity contribution in [1.82, 2.24) is 15.2 Å². The van der Waals surface area contributed by atoms with Crippen LogP contribution in [0.25, 0.3) is 0 Å². The van der Waals surface area contributed by atoms with Gasteiger partial charge in [0.2, 0.25) is 5.05 Å². The molecule has 0 spiro atoms. The Labute approximate surface area is 339 Å². The van der Waals surface area contributed by atoms with Gasteiger partial charge in [-0.3, -0.25) is 14.5 Å². The number of terminal acetylenes is 1. The zero-order valence-electron chi connectivity index (χ0n) is 30.5. The summed E-state index contributed by atoms with van der Waals surface area (Å²) in [6, 6.07) is 37.0. The fraction of sp³-hybridized carbons (Fsp3) is 0.186. The van der Waals surface area contributed by atoms with Crippen LogP contribution in [-0.4, -0.2) is 63.8 Å². The molecule has 282 valence electrons. The van der Waals surface area contributed by atoms with Crippen molar-refractivity contribution in [3.63, 3.8) is 0 Å². The lowest BCUT2D eigenvalue weighted by Gasteiger charge is -2.50. The number of ether oxygens (including phenoxy) is 2. The van der Waals surface area contributed by atoms with Crippen molar-refractivity contribution in [2.75, 3.05) is 25.3 Å². The van der Waals surface area contributed by atoms with E-state index in [9.17, 15) is 9.59 Å². The summed E-state index contributed by atoms with van der Waals surface area (Å²) in [6.45, 7) is 0.195. The van der Waals surface area contributed by atoms with Gasteiger partial charge in [-0.2, -0.15) is 0 Å². The molecule has 5 aromatic rings.